The molecule has 1 aliphatic heterocycles. The molecule has 1 N–H and O–H groups in total. The fourth-order valence-electron chi connectivity index (χ4n) is 3.13. The van der Waals surface area contributed by atoms with Gasteiger partial charge >= 0.3 is 0 Å². The number of carbonyl (C=O) groups is 2. The smallest absolute Gasteiger partial charge is 0.226 e. The van der Waals surface area contributed by atoms with E-state index in [2.05, 4.69) is 19.2 Å². The van der Waals surface area contributed by atoms with Crippen molar-refractivity contribution in [3.8, 4) is 5.75 Å². The van der Waals surface area contributed by atoms with Gasteiger partial charge in [0, 0.05) is 32.2 Å². The largest absolute Gasteiger partial charge is 0.497 e. The van der Waals surface area contributed by atoms with E-state index in [1.807, 2.05) is 29.2 Å². The van der Waals surface area contributed by atoms with Gasteiger partial charge in [-0.15, -0.1) is 0 Å². The van der Waals surface area contributed by atoms with Crippen molar-refractivity contribution in [2.75, 3.05) is 33.4 Å². The molecule has 1 fully saturated rings. The van der Waals surface area contributed by atoms with Crippen molar-refractivity contribution < 1.29 is 19.1 Å². The number of piperidine rings is 1. The highest BCUT2D eigenvalue weighted by Gasteiger charge is 2.23. The number of amides is 2. The Kier molecular flexibility index (Phi) is 8.58. The van der Waals surface area contributed by atoms with Crippen molar-refractivity contribution in [1.29, 1.82) is 0 Å². The van der Waals surface area contributed by atoms with Crippen molar-refractivity contribution in [3.63, 3.8) is 0 Å². The maximum atomic E-state index is 12.5. The summed E-state index contributed by atoms with van der Waals surface area (Å²) >= 11 is 0. The number of ether oxygens (including phenoxy) is 2. The number of nitrogens with one attached hydrogen (secondary N) is 1. The maximum absolute atomic E-state index is 12.5. The van der Waals surface area contributed by atoms with Gasteiger partial charge in [0.1, 0.15) is 5.75 Å². The highest BCUT2D eigenvalue weighted by molar-refractivity contribution is 5.79. The van der Waals surface area contributed by atoms with Crippen molar-refractivity contribution in [1.82, 2.24) is 10.2 Å². The molecule has 0 radical (unpaired) electrons. The van der Waals surface area contributed by atoms with E-state index in [1.54, 1.807) is 7.11 Å². The van der Waals surface area contributed by atoms with Crippen LogP contribution in [0.1, 0.15) is 38.7 Å². The number of methoxy groups -OCH3 is 1. The Bertz CT molecular complexity index is 610. The van der Waals surface area contributed by atoms with Crippen LogP contribution in [0.4, 0.5) is 0 Å². The molecule has 0 aliphatic carbocycles. The monoisotopic (exact) mass is 376 g/mol. The molecule has 0 aromatic heterocycles. The molecule has 150 valence electrons. The summed E-state index contributed by atoms with van der Waals surface area (Å²) in [4.78, 5) is 26.4. The quantitative estimate of drug-likeness (QED) is 0.672. The van der Waals surface area contributed by atoms with E-state index in [0.717, 1.165) is 24.2 Å². The van der Waals surface area contributed by atoms with Gasteiger partial charge in [0.15, 0.2) is 0 Å². The van der Waals surface area contributed by atoms with E-state index in [4.69, 9.17) is 9.47 Å². The molecule has 27 heavy (non-hydrogen) atoms. The third kappa shape index (κ3) is 7.59. The van der Waals surface area contributed by atoms with E-state index in [-0.39, 0.29) is 17.9 Å². The lowest BCUT2D eigenvalue weighted by atomic mass is 10.0. The molecule has 1 heterocycles. The minimum atomic E-state index is 0.0277. The molecule has 0 unspecified atom stereocenters. The van der Waals surface area contributed by atoms with E-state index >= 15 is 0 Å². The van der Waals surface area contributed by atoms with Crippen LogP contribution in [0.15, 0.2) is 24.3 Å². The van der Waals surface area contributed by atoms with Gasteiger partial charge in [-0.1, -0.05) is 26.0 Å². The molecule has 0 saturated carbocycles. The van der Waals surface area contributed by atoms with Gasteiger partial charge < -0.3 is 19.7 Å². The summed E-state index contributed by atoms with van der Waals surface area (Å²) in [5.41, 5.74) is 0.955. The predicted octanol–water partition coefficient (Wildman–Crippen LogP) is 2.41. The van der Waals surface area contributed by atoms with Gasteiger partial charge in [-0.05, 0) is 36.5 Å². The van der Waals surface area contributed by atoms with Crippen LogP contribution in [-0.4, -0.2) is 56.2 Å². The summed E-state index contributed by atoms with van der Waals surface area (Å²) in [5.74, 6) is 1.39. The highest BCUT2D eigenvalue weighted by Crippen LogP contribution is 2.16. The van der Waals surface area contributed by atoms with Crippen molar-refractivity contribution in [3.05, 3.63) is 29.8 Å². The molecular formula is C21H32N2O4. The molecular weight excluding hydrogens is 344 g/mol. The van der Waals surface area contributed by atoms with Gasteiger partial charge in [-0.25, -0.2) is 0 Å². The number of rotatable bonds is 9. The summed E-state index contributed by atoms with van der Waals surface area (Å²) in [6, 6.07) is 7.74. The van der Waals surface area contributed by atoms with Crippen LogP contribution < -0.4 is 10.1 Å². The standard InChI is InChI=1S/C21H32N2O4/c1-16(2)15-27-12-9-20(24)22-18-7-10-23(11-8-18)21(25)14-17-5-4-6-19(13-17)26-3/h4-6,13,16,18H,7-12,14-15H2,1-3H3,(H,22,24). The molecule has 0 spiro atoms. The zero-order valence-corrected chi connectivity index (χ0v) is 16.7. The van der Waals surface area contributed by atoms with E-state index < -0.39 is 0 Å². The number of hydrogen-bond donors (Lipinski definition) is 1. The van der Waals surface area contributed by atoms with E-state index in [9.17, 15) is 9.59 Å². The van der Waals surface area contributed by atoms with E-state index in [0.29, 0.717) is 45.1 Å². The van der Waals surface area contributed by atoms with Crippen LogP contribution in [0.3, 0.4) is 0 Å². The molecule has 1 aromatic carbocycles. The van der Waals surface area contributed by atoms with Crippen LogP contribution in [0.5, 0.6) is 5.75 Å². The Morgan fingerprint density at radius 3 is 2.67 bits per heavy atom. The van der Waals surface area contributed by atoms with Gasteiger partial charge in [-0.2, -0.15) is 0 Å². The van der Waals surface area contributed by atoms with Crippen LogP contribution in [0.25, 0.3) is 0 Å². The highest BCUT2D eigenvalue weighted by atomic mass is 16.5. The first-order chi connectivity index (χ1) is 13.0. The molecule has 1 aliphatic rings. The molecule has 6 heteroatoms. The summed E-state index contributed by atoms with van der Waals surface area (Å²) in [7, 11) is 1.62. The normalized spacial score (nSPS) is 15.0. The summed E-state index contributed by atoms with van der Waals surface area (Å²) in [5, 5.41) is 3.06. The van der Waals surface area contributed by atoms with E-state index in [1.165, 1.54) is 0 Å². The fraction of sp³-hybridized carbons (Fsp3) is 0.619. The first-order valence-corrected chi connectivity index (χ1v) is 9.75. The SMILES string of the molecule is COc1cccc(CC(=O)N2CCC(NC(=O)CCOCC(C)C)CC2)c1. The predicted molar refractivity (Wildman–Crippen MR) is 105 cm³/mol. The Hall–Kier alpha value is -2.08. The molecule has 1 saturated heterocycles. The second kappa shape index (κ2) is 10.9. The second-order valence-electron chi connectivity index (χ2n) is 7.47. The third-order valence-corrected chi connectivity index (χ3v) is 4.63. The molecule has 2 amide bonds. The van der Waals surface area contributed by atoms with Crippen molar-refractivity contribution >= 4 is 11.8 Å². The Labute approximate surface area is 162 Å². The molecule has 2 rings (SSSR count). The van der Waals surface area contributed by atoms with Crippen molar-refractivity contribution in [2.45, 2.75) is 45.6 Å². The number of carbonyl (C=O) groups excluding carboxylic acids is 2. The zero-order valence-electron chi connectivity index (χ0n) is 16.7. The first kappa shape index (κ1) is 21.2. The number of likely N-dealkylation sites (tertiary alicyclic amines) is 1. The molecule has 0 bridgehead atoms. The number of hydrogen-bond acceptors (Lipinski definition) is 4. The summed E-state index contributed by atoms with van der Waals surface area (Å²) in [6.45, 7) is 6.67. The third-order valence-electron chi connectivity index (χ3n) is 4.63. The van der Waals surface area contributed by atoms with Gasteiger partial charge in [0.05, 0.1) is 20.1 Å². The zero-order chi connectivity index (χ0) is 19.6. The minimum Gasteiger partial charge on any atom is -0.497 e. The van der Waals surface area contributed by atoms with Crippen LogP contribution in [-0.2, 0) is 20.7 Å². The van der Waals surface area contributed by atoms with Gasteiger partial charge in [0.25, 0.3) is 0 Å². The number of nitrogens with zero attached hydrogens (tertiary/aromatic N) is 1. The molecule has 6 nitrogen and oxygen atoms in total. The van der Waals surface area contributed by atoms with Crippen molar-refractivity contribution in [2.24, 2.45) is 5.92 Å². The topological polar surface area (TPSA) is 67.9 Å². The molecule has 1 aromatic rings. The lowest BCUT2D eigenvalue weighted by molar-refractivity contribution is -0.131. The van der Waals surface area contributed by atoms with Crippen LogP contribution >= 0.6 is 0 Å². The minimum absolute atomic E-state index is 0.0277. The van der Waals surface area contributed by atoms with Gasteiger partial charge in [0.2, 0.25) is 11.8 Å². The lowest BCUT2D eigenvalue weighted by Gasteiger charge is -2.32. The fourth-order valence-corrected chi connectivity index (χ4v) is 3.13. The van der Waals surface area contributed by atoms with Crippen LogP contribution in [0, 0.1) is 5.92 Å². The Morgan fingerprint density at radius 1 is 1.26 bits per heavy atom. The average Bonchev–Trinajstić information content (AvgIpc) is 2.66. The van der Waals surface area contributed by atoms with Crippen LogP contribution in [0.2, 0.25) is 0 Å². The Balaban J connectivity index is 1.68. The Morgan fingerprint density at radius 2 is 2.00 bits per heavy atom. The first-order valence-electron chi connectivity index (χ1n) is 9.75. The summed E-state index contributed by atoms with van der Waals surface area (Å²) < 4.78 is 10.7. The van der Waals surface area contributed by atoms with Gasteiger partial charge in [-0.3, -0.25) is 9.59 Å². The maximum Gasteiger partial charge on any atom is 0.226 e. The second-order valence-corrected chi connectivity index (χ2v) is 7.47. The lowest BCUT2D eigenvalue weighted by Crippen LogP contribution is -2.47. The summed E-state index contributed by atoms with van der Waals surface area (Å²) in [6.07, 6.45) is 2.36. The average molecular weight is 376 g/mol. The number of benzene rings is 1. The molecule has 0 atom stereocenters.